The Bertz CT molecular complexity index is 790. The van der Waals surface area contributed by atoms with Gasteiger partial charge < -0.3 is 5.32 Å². The van der Waals surface area contributed by atoms with E-state index in [-0.39, 0.29) is 6.61 Å². The molecule has 24 heavy (non-hydrogen) atoms. The van der Waals surface area contributed by atoms with Crippen LogP contribution in [0.3, 0.4) is 0 Å². The lowest BCUT2D eigenvalue weighted by atomic mass is 10.3. The number of aryl methyl sites for hydroxylation is 2. The largest absolute Gasteiger partial charge is 0.323 e. The zero-order valence-corrected chi connectivity index (χ0v) is 13.3. The van der Waals surface area contributed by atoms with Crippen molar-refractivity contribution in [3.63, 3.8) is 0 Å². The van der Waals surface area contributed by atoms with Crippen molar-refractivity contribution in [2.45, 2.75) is 19.9 Å². The molecule has 3 heterocycles. The number of nitrogens with zero attached hydrogens (tertiary/aromatic N) is 5. The number of pyridine rings is 1. The predicted octanol–water partition coefficient (Wildman–Crippen LogP) is 2.67. The molecule has 0 aliphatic rings. The molecule has 0 aliphatic heterocycles. The van der Waals surface area contributed by atoms with Crippen LogP contribution in [0.5, 0.6) is 0 Å². The number of rotatable bonds is 7. The van der Waals surface area contributed by atoms with Gasteiger partial charge in [0.25, 0.3) is 0 Å². The van der Waals surface area contributed by atoms with Gasteiger partial charge in [0.15, 0.2) is 11.6 Å². The summed E-state index contributed by atoms with van der Waals surface area (Å²) >= 11 is 0. The Morgan fingerprint density at radius 3 is 2.92 bits per heavy atom. The number of hydrogen-bond acceptors (Lipinski definition) is 7. The number of hydrogen-bond donors (Lipinski definition) is 2. The minimum absolute atomic E-state index is 0.279. The predicted molar refractivity (Wildman–Crippen MR) is 88.7 cm³/mol. The van der Waals surface area contributed by atoms with E-state index in [1.165, 1.54) is 0 Å². The van der Waals surface area contributed by atoms with Crippen molar-refractivity contribution < 1.29 is 10.1 Å². The first-order valence-corrected chi connectivity index (χ1v) is 7.58. The lowest BCUT2D eigenvalue weighted by molar-refractivity contribution is -0.243. The highest BCUT2D eigenvalue weighted by Crippen LogP contribution is 2.18. The van der Waals surface area contributed by atoms with Crippen molar-refractivity contribution in [1.29, 1.82) is 0 Å². The minimum atomic E-state index is 0.279. The second-order valence-electron chi connectivity index (χ2n) is 5.21. The van der Waals surface area contributed by atoms with Crippen molar-refractivity contribution in [3.05, 3.63) is 48.4 Å². The first-order chi connectivity index (χ1) is 11.7. The molecule has 8 heteroatoms. The molecule has 8 nitrogen and oxygen atoms in total. The standard InChI is InChI=1S/C16H18N6O2/c1-12-11-15(20-16(18-12)13-5-2-3-7-17-13)19-14-6-9-22(21-14)8-4-10-24-23/h2-3,5-7,9,11,23H,4,8,10H2,1H3,(H,18,19,20,21). The third kappa shape index (κ3) is 4.12. The first-order valence-electron chi connectivity index (χ1n) is 7.58. The van der Waals surface area contributed by atoms with Crippen LogP contribution in [-0.4, -0.2) is 36.6 Å². The average Bonchev–Trinajstić information content (AvgIpc) is 3.03. The van der Waals surface area contributed by atoms with Crippen LogP contribution < -0.4 is 5.32 Å². The molecule has 0 radical (unpaired) electrons. The summed E-state index contributed by atoms with van der Waals surface area (Å²) in [6.07, 6.45) is 4.24. The average molecular weight is 326 g/mol. The molecule has 0 bridgehead atoms. The lowest BCUT2D eigenvalue weighted by Gasteiger charge is -2.06. The van der Waals surface area contributed by atoms with Crippen molar-refractivity contribution in [2.24, 2.45) is 0 Å². The monoisotopic (exact) mass is 326 g/mol. The highest BCUT2D eigenvalue weighted by molar-refractivity contribution is 5.57. The molecule has 0 aromatic carbocycles. The Hall–Kier alpha value is -2.84. The van der Waals surface area contributed by atoms with Crippen molar-refractivity contribution >= 4 is 11.6 Å². The normalized spacial score (nSPS) is 10.8. The molecule has 0 amide bonds. The van der Waals surface area contributed by atoms with Gasteiger partial charge in [-0.25, -0.2) is 14.9 Å². The molecule has 0 fully saturated rings. The summed E-state index contributed by atoms with van der Waals surface area (Å²) < 4.78 is 1.77. The van der Waals surface area contributed by atoms with E-state index in [4.69, 9.17) is 5.26 Å². The highest BCUT2D eigenvalue weighted by atomic mass is 17.1. The fourth-order valence-electron chi connectivity index (χ4n) is 2.22. The van der Waals surface area contributed by atoms with E-state index in [9.17, 15) is 0 Å². The van der Waals surface area contributed by atoms with E-state index >= 15 is 0 Å². The Balaban J connectivity index is 1.74. The molecule has 0 saturated heterocycles. The van der Waals surface area contributed by atoms with Crippen LogP contribution in [0.1, 0.15) is 12.1 Å². The maximum absolute atomic E-state index is 8.33. The Morgan fingerprint density at radius 1 is 1.21 bits per heavy atom. The molecular weight excluding hydrogens is 308 g/mol. The van der Waals surface area contributed by atoms with Crippen molar-refractivity contribution in [2.75, 3.05) is 11.9 Å². The second kappa shape index (κ2) is 7.62. The molecule has 0 spiro atoms. The van der Waals surface area contributed by atoms with Crippen LogP contribution >= 0.6 is 0 Å². The SMILES string of the molecule is Cc1cc(Nc2ccn(CCCOO)n2)nc(-c2ccccn2)n1. The van der Waals surface area contributed by atoms with Crippen LogP contribution in [0, 0.1) is 6.92 Å². The number of anilines is 2. The first kappa shape index (κ1) is 16.0. The third-order valence-corrected chi connectivity index (χ3v) is 3.27. The van der Waals surface area contributed by atoms with Gasteiger partial charge in [-0.15, -0.1) is 0 Å². The van der Waals surface area contributed by atoms with E-state index in [0.717, 1.165) is 11.4 Å². The van der Waals surface area contributed by atoms with Gasteiger partial charge in [-0.2, -0.15) is 5.10 Å². The van der Waals surface area contributed by atoms with Gasteiger partial charge in [0.1, 0.15) is 11.5 Å². The molecule has 0 atom stereocenters. The summed E-state index contributed by atoms with van der Waals surface area (Å²) in [7, 11) is 0. The van der Waals surface area contributed by atoms with E-state index in [2.05, 4.69) is 30.3 Å². The number of nitrogens with one attached hydrogen (secondary N) is 1. The molecule has 0 saturated carbocycles. The molecule has 0 aliphatic carbocycles. The topological polar surface area (TPSA) is 98.0 Å². The summed E-state index contributed by atoms with van der Waals surface area (Å²) in [5.41, 5.74) is 1.56. The number of aromatic nitrogens is 5. The Morgan fingerprint density at radius 2 is 2.12 bits per heavy atom. The highest BCUT2D eigenvalue weighted by Gasteiger charge is 2.07. The maximum Gasteiger partial charge on any atom is 0.180 e. The van der Waals surface area contributed by atoms with Gasteiger partial charge >= 0.3 is 0 Å². The van der Waals surface area contributed by atoms with E-state index in [0.29, 0.717) is 30.4 Å². The van der Waals surface area contributed by atoms with Gasteiger partial charge in [-0.05, 0) is 25.5 Å². The second-order valence-corrected chi connectivity index (χ2v) is 5.21. The van der Waals surface area contributed by atoms with Gasteiger partial charge in [0.2, 0.25) is 0 Å². The summed E-state index contributed by atoms with van der Waals surface area (Å²) in [4.78, 5) is 17.3. The molecule has 2 N–H and O–H groups in total. The smallest absolute Gasteiger partial charge is 0.180 e. The molecule has 124 valence electrons. The Labute approximate surface area is 139 Å². The Kier molecular flexibility index (Phi) is 5.09. The van der Waals surface area contributed by atoms with Crippen LogP contribution in [0.4, 0.5) is 11.6 Å². The molecule has 3 aromatic rings. The van der Waals surface area contributed by atoms with Crippen molar-refractivity contribution in [1.82, 2.24) is 24.7 Å². The third-order valence-electron chi connectivity index (χ3n) is 3.27. The quantitative estimate of drug-likeness (QED) is 0.391. The van der Waals surface area contributed by atoms with E-state index in [1.807, 2.05) is 43.5 Å². The molecule has 0 unspecified atom stereocenters. The van der Waals surface area contributed by atoms with Crippen LogP contribution in [0.15, 0.2) is 42.7 Å². The van der Waals surface area contributed by atoms with Gasteiger partial charge in [0.05, 0.1) is 6.61 Å². The fraction of sp³-hybridized carbons (Fsp3) is 0.250. The molecule has 3 aromatic heterocycles. The van der Waals surface area contributed by atoms with Crippen molar-refractivity contribution in [3.8, 4) is 11.5 Å². The zero-order valence-electron chi connectivity index (χ0n) is 13.3. The fourth-order valence-corrected chi connectivity index (χ4v) is 2.22. The van der Waals surface area contributed by atoms with Gasteiger partial charge in [-0.3, -0.25) is 14.9 Å². The van der Waals surface area contributed by atoms with Crippen LogP contribution in [-0.2, 0) is 11.4 Å². The lowest BCUT2D eigenvalue weighted by Crippen LogP contribution is -2.04. The summed E-state index contributed by atoms with van der Waals surface area (Å²) in [6.45, 7) is 2.85. The summed E-state index contributed by atoms with van der Waals surface area (Å²) in [5, 5.41) is 15.9. The van der Waals surface area contributed by atoms with Gasteiger partial charge in [0, 0.05) is 36.8 Å². The van der Waals surface area contributed by atoms with Crippen LogP contribution in [0.2, 0.25) is 0 Å². The zero-order chi connectivity index (χ0) is 16.8. The summed E-state index contributed by atoms with van der Waals surface area (Å²) in [6, 6.07) is 9.34. The maximum atomic E-state index is 8.33. The van der Waals surface area contributed by atoms with Crippen LogP contribution in [0.25, 0.3) is 11.5 Å². The van der Waals surface area contributed by atoms with Gasteiger partial charge in [-0.1, -0.05) is 6.07 Å². The van der Waals surface area contributed by atoms with E-state index in [1.54, 1.807) is 10.9 Å². The molecular formula is C16H18N6O2. The summed E-state index contributed by atoms with van der Waals surface area (Å²) in [5.74, 6) is 1.91. The molecule has 3 rings (SSSR count). The van der Waals surface area contributed by atoms with E-state index < -0.39 is 0 Å². The minimum Gasteiger partial charge on any atom is -0.323 e.